The fourth-order valence-corrected chi connectivity index (χ4v) is 12.3. The van der Waals surface area contributed by atoms with Gasteiger partial charge in [0.05, 0.1) is 0 Å². The molecular weight excluding hydrogens is 745 g/mol. The van der Waals surface area contributed by atoms with Gasteiger partial charge < -0.3 is 0 Å². The molecular formula is C62H58. The lowest BCUT2D eigenvalue weighted by molar-refractivity contribution is 0.619. The smallest absolute Gasteiger partial charge is 0.0158 e. The zero-order chi connectivity index (χ0) is 42.3. The summed E-state index contributed by atoms with van der Waals surface area (Å²) in [6.07, 6.45) is 11.4. The summed E-state index contributed by atoms with van der Waals surface area (Å²) in [6.45, 7) is 14.2. The Morgan fingerprint density at radius 1 is 0.565 bits per heavy atom. The molecule has 4 aliphatic carbocycles. The minimum atomic E-state index is -0.000760. The van der Waals surface area contributed by atoms with Crippen molar-refractivity contribution in [2.75, 3.05) is 0 Å². The van der Waals surface area contributed by atoms with Crippen LogP contribution in [0.2, 0.25) is 0 Å². The van der Waals surface area contributed by atoms with E-state index in [1.165, 1.54) is 106 Å². The van der Waals surface area contributed by atoms with Gasteiger partial charge in [-0.25, -0.2) is 0 Å². The fraction of sp³-hybridized carbons (Fsp3) is 0.258. The molecule has 0 aliphatic heterocycles. The van der Waals surface area contributed by atoms with Crippen molar-refractivity contribution in [1.82, 2.24) is 0 Å². The number of hydrogen-bond donors (Lipinski definition) is 0. The lowest BCUT2D eigenvalue weighted by Gasteiger charge is -2.27. The van der Waals surface area contributed by atoms with Crippen LogP contribution < -0.4 is 0 Å². The normalized spacial score (nSPS) is 17.7. The minimum absolute atomic E-state index is 0.000760. The second kappa shape index (κ2) is 14.8. The molecule has 0 heteroatoms. The van der Waals surface area contributed by atoms with Crippen molar-refractivity contribution < 1.29 is 0 Å². The molecule has 7 aromatic carbocycles. The Hall–Kier alpha value is -5.98. The van der Waals surface area contributed by atoms with Gasteiger partial charge in [0.2, 0.25) is 0 Å². The van der Waals surface area contributed by atoms with Crippen molar-refractivity contribution >= 4 is 5.57 Å². The van der Waals surface area contributed by atoms with Gasteiger partial charge in [0.1, 0.15) is 0 Å². The van der Waals surface area contributed by atoms with Crippen molar-refractivity contribution in [3.05, 3.63) is 230 Å². The Morgan fingerprint density at radius 3 is 2.13 bits per heavy atom. The van der Waals surface area contributed by atoms with Crippen LogP contribution >= 0.6 is 0 Å². The molecule has 0 N–H and O–H groups in total. The highest BCUT2D eigenvalue weighted by Gasteiger charge is 2.40. The number of allylic oxidation sites excluding steroid dienone is 4. The summed E-state index contributed by atoms with van der Waals surface area (Å²) in [7, 11) is 0. The van der Waals surface area contributed by atoms with Gasteiger partial charge in [-0.05, 0) is 170 Å². The fourth-order valence-electron chi connectivity index (χ4n) is 12.3. The van der Waals surface area contributed by atoms with E-state index in [4.69, 9.17) is 0 Å². The molecule has 2 atom stereocenters. The Balaban J connectivity index is 0.966. The third-order valence-corrected chi connectivity index (χ3v) is 15.5. The molecule has 0 amide bonds. The zero-order valence-electron chi connectivity index (χ0n) is 37.4. The molecule has 4 aliphatic rings. The Kier molecular flexibility index (Phi) is 9.31. The van der Waals surface area contributed by atoms with Gasteiger partial charge in [-0.3, -0.25) is 0 Å². The average Bonchev–Trinajstić information content (AvgIpc) is 3.67. The van der Waals surface area contributed by atoms with Crippen molar-refractivity contribution in [3.8, 4) is 33.4 Å². The molecule has 0 saturated carbocycles. The van der Waals surface area contributed by atoms with Crippen molar-refractivity contribution in [1.29, 1.82) is 0 Å². The maximum absolute atomic E-state index is 2.58. The molecule has 11 rings (SSSR count). The summed E-state index contributed by atoms with van der Waals surface area (Å²) in [4.78, 5) is 0. The molecule has 0 bridgehead atoms. The highest BCUT2D eigenvalue weighted by molar-refractivity contribution is 5.86. The zero-order valence-corrected chi connectivity index (χ0v) is 37.4. The van der Waals surface area contributed by atoms with Gasteiger partial charge in [0.15, 0.2) is 0 Å². The van der Waals surface area contributed by atoms with E-state index in [1.54, 1.807) is 5.57 Å². The summed E-state index contributed by atoms with van der Waals surface area (Å²) in [6, 6.07) is 56.3. The van der Waals surface area contributed by atoms with Crippen LogP contribution in [0.1, 0.15) is 119 Å². The van der Waals surface area contributed by atoms with Gasteiger partial charge >= 0.3 is 0 Å². The molecule has 7 aromatic rings. The number of aryl methyl sites for hydroxylation is 5. The molecule has 0 nitrogen and oxygen atoms in total. The molecule has 62 heavy (non-hydrogen) atoms. The molecule has 0 heterocycles. The van der Waals surface area contributed by atoms with Crippen LogP contribution in [0.15, 0.2) is 163 Å². The maximum atomic E-state index is 2.58. The predicted molar refractivity (Wildman–Crippen MR) is 262 cm³/mol. The third-order valence-electron chi connectivity index (χ3n) is 15.5. The molecule has 0 aromatic heterocycles. The number of rotatable bonds is 8. The Labute approximate surface area is 370 Å². The quantitative estimate of drug-likeness (QED) is 0.144. The van der Waals surface area contributed by atoms with E-state index in [0.29, 0.717) is 11.8 Å². The van der Waals surface area contributed by atoms with Gasteiger partial charge in [0, 0.05) is 16.7 Å². The molecule has 306 valence electrons. The van der Waals surface area contributed by atoms with Crippen molar-refractivity contribution in [2.45, 2.75) is 103 Å². The van der Waals surface area contributed by atoms with Crippen LogP contribution in [0.5, 0.6) is 0 Å². The summed E-state index contributed by atoms with van der Waals surface area (Å²) in [5.74, 6) is 0.687. The number of hydrogen-bond acceptors (Lipinski definition) is 0. The molecule has 0 spiro atoms. The van der Waals surface area contributed by atoms with Crippen LogP contribution in [-0.2, 0) is 36.5 Å². The first-order chi connectivity index (χ1) is 30.1. The minimum Gasteiger partial charge on any atom is -0.0764 e. The highest BCUT2D eigenvalue weighted by Crippen LogP contribution is 2.54. The van der Waals surface area contributed by atoms with E-state index in [9.17, 15) is 0 Å². The van der Waals surface area contributed by atoms with E-state index < -0.39 is 0 Å². The summed E-state index contributed by atoms with van der Waals surface area (Å²) < 4.78 is 0. The average molecular weight is 803 g/mol. The van der Waals surface area contributed by atoms with Crippen LogP contribution in [-0.4, -0.2) is 0 Å². The second-order valence-corrected chi connectivity index (χ2v) is 20.0. The van der Waals surface area contributed by atoms with Gasteiger partial charge in [-0.1, -0.05) is 185 Å². The van der Waals surface area contributed by atoms with E-state index in [2.05, 4.69) is 199 Å². The van der Waals surface area contributed by atoms with Crippen LogP contribution in [0.4, 0.5) is 0 Å². The largest absolute Gasteiger partial charge is 0.0764 e. The Morgan fingerprint density at radius 2 is 1.27 bits per heavy atom. The maximum Gasteiger partial charge on any atom is 0.0158 e. The van der Waals surface area contributed by atoms with E-state index >= 15 is 0 Å². The summed E-state index contributed by atoms with van der Waals surface area (Å²) in [5, 5.41) is 0. The first-order valence-electron chi connectivity index (χ1n) is 23.2. The lowest BCUT2D eigenvalue weighted by Crippen LogP contribution is -2.17. The first kappa shape index (κ1) is 38.9. The topological polar surface area (TPSA) is 0 Å². The monoisotopic (exact) mass is 802 g/mol. The molecule has 0 radical (unpaired) electrons. The number of benzene rings is 7. The van der Waals surface area contributed by atoms with Gasteiger partial charge in [-0.15, -0.1) is 0 Å². The van der Waals surface area contributed by atoms with Crippen molar-refractivity contribution in [2.24, 2.45) is 0 Å². The van der Waals surface area contributed by atoms with E-state index in [0.717, 1.165) is 38.5 Å². The second-order valence-electron chi connectivity index (χ2n) is 20.0. The highest BCUT2D eigenvalue weighted by atomic mass is 14.4. The molecule has 2 unspecified atom stereocenters. The Bertz CT molecular complexity index is 3000. The third kappa shape index (κ3) is 6.32. The lowest BCUT2D eigenvalue weighted by atomic mass is 9.77. The standard InChI is InChI=1S/C62H58/c1-39-33-40(2)59-54-37-47(31-32-56(54)62(5,6)58(59)34-39)45-19-13-18-44(35-45)46(29-28-43-17-14-24-57-60(43)52-22-11-12-23-55(52)61(57,3)4)36-48-16-8-9-20-50(48)49-30-27-42-26-25-41-15-7-10-21-51(41)53(42)38-49/h7-24,27,30-35,38,46-47H,25-26,28-29,36-37H2,1-6H3. The van der Waals surface area contributed by atoms with Crippen LogP contribution in [0.3, 0.4) is 0 Å². The first-order valence-corrected chi connectivity index (χ1v) is 23.2. The number of fused-ring (bicyclic) bond motifs is 8. The SMILES string of the molecule is Cc1cc(C)c2c(c1)C(C)(C)C1=C2CC(c2cccc(C(CCc3cccc4c3-c3ccccc3C4(C)C)Cc3ccccc3-c3ccc4c(c3)-c3ccccc3CC4)c2)C=C1. The molecule has 0 fully saturated rings. The van der Waals surface area contributed by atoms with Gasteiger partial charge in [0.25, 0.3) is 0 Å². The summed E-state index contributed by atoms with van der Waals surface area (Å²) >= 11 is 0. The van der Waals surface area contributed by atoms with Crippen LogP contribution in [0, 0.1) is 13.8 Å². The summed E-state index contributed by atoms with van der Waals surface area (Å²) in [5.41, 5.74) is 28.9. The van der Waals surface area contributed by atoms with Gasteiger partial charge in [-0.2, -0.15) is 0 Å². The van der Waals surface area contributed by atoms with Crippen molar-refractivity contribution in [3.63, 3.8) is 0 Å². The molecule has 0 saturated heterocycles. The predicted octanol–water partition coefficient (Wildman–Crippen LogP) is 15.8. The van der Waals surface area contributed by atoms with E-state index in [-0.39, 0.29) is 10.8 Å². The van der Waals surface area contributed by atoms with E-state index in [1.807, 2.05) is 0 Å². The van der Waals surface area contributed by atoms with Crippen LogP contribution in [0.25, 0.3) is 39.0 Å².